The Kier molecular flexibility index (Phi) is 6.11. The van der Waals surface area contributed by atoms with Crippen LogP contribution in [0.1, 0.15) is 48.4 Å². The number of benzene rings is 1. The molecule has 1 aromatic carbocycles. The van der Waals surface area contributed by atoms with Gasteiger partial charge in [0.05, 0.1) is 6.10 Å². The van der Waals surface area contributed by atoms with Gasteiger partial charge < -0.3 is 15.3 Å². The van der Waals surface area contributed by atoms with Gasteiger partial charge in [0.2, 0.25) is 0 Å². The van der Waals surface area contributed by atoms with Crippen molar-refractivity contribution in [3.63, 3.8) is 0 Å². The highest BCUT2D eigenvalue weighted by atomic mass is 16.3. The highest BCUT2D eigenvalue weighted by molar-refractivity contribution is 5.99. The Morgan fingerprint density at radius 2 is 1.86 bits per heavy atom. The summed E-state index contributed by atoms with van der Waals surface area (Å²) in [5.41, 5.74) is 0.597. The Morgan fingerprint density at radius 1 is 1.27 bits per heavy atom. The summed E-state index contributed by atoms with van der Waals surface area (Å²) in [6, 6.07) is 6.61. The number of carbonyl (C=O) groups is 2. The van der Waals surface area contributed by atoms with Crippen LogP contribution >= 0.6 is 0 Å². The minimum absolute atomic E-state index is 0.119. The van der Waals surface area contributed by atoms with Crippen LogP contribution in [0.4, 0.5) is 0 Å². The number of aliphatic hydroxyl groups is 1. The molecule has 1 unspecified atom stereocenters. The SMILES string of the molecule is CCN(C)C(=O)c1cccc(C(=O)NCC(O)C(C)(C)C)c1. The van der Waals surface area contributed by atoms with Crippen LogP contribution < -0.4 is 5.32 Å². The Labute approximate surface area is 132 Å². The summed E-state index contributed by atoms with van der Waals surface area (Å²) in [6.45, 7) is 8.39. The van der Waals surface area contributed by atoms with Gasteiger partial charge in [-0.1, -0.05) is 26.8 Å². The lowest BCUT2D eigenvalue weighted by atomic mass is 9.89. The molecular formula is C17H26N2O3. The van der Waals surface area contributed by atoms with Gasteiger partial charge in [0.25, 0.3) is 11.8 Å². The van der Waals surface area contributed by atoms with Crippen LogP contribution in [-0.4, -0.2) is 48.1 Å². The first-order chi connectivity index (χ1) is 10.2. The maximum absolute atomic E-state index is 12.1. The van der Waals surface area contributed by atoms with Gasteiger partial charge in [-0.05, 0) is 30.5 Å². The van der Waals surface area contributed by atoms with Crippen LogP contribution in [0.2, 0.25) is 0 Å². The molecule has 0 saturated heterocycles. The zero-order valence-corrected chi connectivity index (χ0v) is 14.0. The standard InChI is InChI=1S/C17H26N2O3/c1-6-19(5)16(22)13-9-7-8-12(10-13)15(21)18-11-14(20)17(2,3)4/h7-10,14,20H,6,11H2,1-5H3,(H,18,21). The first kappa shape index (κ1) is 18.2. The van der Waals surface area contributed by atoms with Gasteiger partial charge in [-0.3, -0.25) is 9.59 Å². The molecule has 0 aliphatic heterocycles. The van der Waals surface area contributed by atoms with Crippen LogP contribution in [0.5, 0.6) is 0 Å². The van der Waals surface area contributed by atoms with Crippen molar-refractivity contribution in [1.82, 2.24) is 10.2 Å². The molecule has 0 heterocycles. The minimum Gasteiger partial charge on any atom is -0.391 e. The van der Waals surface area contributed by atoms with Crippen LogP contribution in [0.15, 0.2) is 24.3 Å². The summed E-state index contributed by atoms with van der Waals surface area (Å²) < 4.78 is 0. The number of amides is 2. The first-order valence-corrected chi connectivity index (χ1v) is 7.48. The van der Waals surface area contributed by atoms with Crippen molar-refractivity contribution in [2.75, 3.05) is 20.1 Å². The molecule has 0 aliphatic carbocycles. The van der Waals surface area contributed by atoms with Crippen molar-refractivity contribution < 1.29 is 14.7 Å². The van der Waals surface area contributed by atoms with E-state index in [9.17, 15) is 14.7 Å². The average molecular weight is 306 g/mol. The Morgan fingerprint density at radius 3 is 2.41 bits per heavy atom. The molecule has 0 spiro atoms. The van der Waals surface area contributed by atoms with Crippen molar-refractivity contribution in [3.05, 3.63) is 35.4 Å². The fraction of sp³-hybridized carbons (Fsp3) is 0.529. The van der Waals surface area contributed by atoms with E-state index in [1.807, 2.05) is 27.7 Å². The van der Waals surface area contributed by atoms with E-state index in [-0.39, 0.29) is 23.8 Å². The van der Waals surface area contributed by atoms with E-state index in [1.54, 1.807) is 36.2 Å². The molecule has 0 radical (unpaired) electrons. The molecule has 1 atom stereocenters. The van der Waals surface area contributed by atoms with E-state index in [0.717, 1.165) is 0 Å². The van der Waals surface area contributed by atoms with E-state index < -0.39 is 6.10 Å². The summed E-state index contributed by atoms with van der Waals surface area (Å²) in [5.74, 6) is -0.413. The first-order valence-electron chi connectivity index (χ1n) is 7.48. The summed E-state index contributed by atoms with van der Waals surface area (Å²) in [7, 11) is 1.72. The van der Waals surface area contributed by atoms with E-state index in [1.165, 1.54) is 0 Å². The molecule has 122 valence electrons. The molecule has 22 heavy (non-hydrogen) atoms. The van der Waals surface area contributed by atoms with Crippen LogP contribution in [0.25, 0.3) is 0 Å². The smallest absolute Gasteiger partial charge is 0.253 e. The number of carbonyl (C=O) groups excluding carboxylic acids is 2. The largest absolute Gasteiger partial charge is 0.391 e. The molecule has 0 aliphatic rings. The molecule has 0 bridgehead atoms. The maximum atomic E-state index is 12.1. The summed E-state index contributed by atoms with van der Waals surface area (Å²) in [4.78, 5) is 25.8. The Balaban J connectivity index is 2.77. The molecule has 2 amide bonds. The molecule has 1 aromatic rings. The van der Waals surface area contributed by atoms with E-state index in [0.29, 0.717) is 17.7 Å². The normalized spacial score (nSPS) is 12.6. The summed E-state index contributed by atoms with van der Waals surface area (Å²) in [5, 5.41) is 12.7. The maximum Gasteiger partial charge on any atom is 0.253 e. The quantitative estimate of drug-likeness (QED) is 0.873. The van der Waals surface area contributed by atoms with E-state index in [4.69, 9.17) is 0 Å². The number of aliphatic hydroxyl groups excluding tert-OH is 1. The van der Waals surface area contributed by atoms with Gasteiger partial charge >= 0.3 is 0 Å². The second kappa shape index (κ2) is 7.40. The fourth-order valence-corrected chi connectivity index (χ4v) is 1.76. The van der Waals surface area contributed by atoms with Crippen molar-refractivity contribution in [2.45, 2.75) is 33.8 Å². The molecule has 5 heteroatoms. The second-order valence-corrected chi connectivity index (χ2v) is 6.49. The van der Waals surface area contributed by atoms with Gasteiger partial charge in [-0.25, -0.2) is 0 Å². The van der Waals surface area contributed by atoms with Gasteiger partial charge in [0.15, 0.2) is 0 Å². The lowest BCUT2D eigenvalue weighted by Crippen LogP contribution is -2.39. The van der Waals surface area contributed by atoms with Crippen LogP contribution in [0.3, 0.4) is 0 Å². The van der Waals surface area contributed by atoms with Gasteiger partial charge in [-0.2, -0.15) is 0 Å². The van der Waals surface area contributed by atoms with Crippen molar-refractivity contribution in [2.24, 2.45) is 5.41 Å². The second-order valence-electron chi connectivity index (χ2n) is 6.49. The average Bonchev–Trinajstić information content (AvgIpc) is 2.49. The Hall–Kier alpha value is -1.88. The molecule has 0 aromatic heterocycles. The Bertz CT molecular complexity index is 535. The zero-order chi connectivity index (χ0) is 16.9. The number of nitrogens with zero attached hydrogens (tertiary/aromatic N) is 1. The zero-order valence-electron chi connectivity index (χ0n) is 14.0. The summed E-state index contributed by atoms with van der Waals surface area (Å²) in [6.07, 6.45) is -0.632. The van der Waals surface area contributed by atoms with E-state index >= 15 is 0 Å². The van der Waals surface area contributed by atoms with Gasteiger partial charge in [0, 0.05) is 31.3 Å². The third kappa shape index (κ3) is 4.84. The number of hydrogen-bond donors (Lipinski definition) is 2. The predicted molar refractivity (Wildman–Crippen MR) is 86.9 cm³/mol. The molecular weight excluding hydrogens is 280 g/mol. The minimum atomic E-state index is -0.632. The highest BCUT2D eigenvalue weighted by Gasteiger charge is 2.22. The molecule has 0 saturated carbocycles. The third-order valence-electron chi connectivity index (χ3n) is 3.65. The lowest BCUT2D eigenvalue weighted by Gasteiger charge is -2.25. The van der Waals surface area contributed by atoms with Crippen molar-refractivity contribution >= 4 is 11.8 Å². The number of hydrogen-bond acceptors (Lipinski definition) is 3. The molecule has 1 rings (SSSR count). The summed E-state index contributed by atoms with van der Waals surface area (Å²) >= 11 is 0. The number of rotatable bonds is 5. The molecule has 5 nitrogen and oxygen atoms in total. The van der Waals surface area contributed by atoms with Crippen molar-refractivity contribution in [3.8, 4) is 0 Å². The monoisotopic (exact) mass is 306 g/mol. The highest BCUT2D eigenvalue weighted by Crippen LogP contribution is 2.18. The topological polar surface area (TPSA) is 69.6 Å². The van der Waals surface area contributed by atoms with Crippen LogP contribution in [0, 0.1) is 5.41 Å². The third-order valence-corrected chi connectivity index (χ3v) is 3.65. The van der Waals surface area contributed by atoms with Crippen molar-refractivity contribution in [1.29, 1.82) is 0 Å². The lowest BCUT2D eigenvalue weighted by molar-refractivity contribution is 0.0587. The van der Waals surface area contributed by atoms with E-state index in [2.05, 4.69) is 5.32 Å². The molecule has 0 fully saturated rings. The van der Waals surface area contributed by atoms with Gasteiger partial charge in [0.1, 0.15) is 0 Å². The fourth-order valence-electron chi connectivity index (χ4n) is 1.76. The predicted octanol–water partition coefficient (Wildman–Crippen LogP) is 1.92. The van der Waals surface area contributed by atoms with Crippen LogP contribution in [-0.2, 0) is 0 Å². The molecule has 2 N–H and O–H groups in total. The van der Waals surface area contributed by atoms with Gasteiger partial charge in [-0.15, -0.1) is 0 Å². The number of nitrogens with one attached hydrogen (secondary N) is 1.